The van der Waals surface area contributed by atoms with E-state index in [-0.39, 0.29) is 17.1 Å². The largest absolute Gasteiger partial charge is 0.346 e. The summed E-state index contributed by atoms with van der Waals surface area (Å²) in [6, 6.07) is 14.3. The van der Waals surface area contributed by atoms with Gasteiger partial charge in [0.05, 0.1) is 12.2 Å². The van der Waals surface area contributed by atoms with Crippen LogP contribution in [0.2, 0.25) is 5.02 Å². The second kappa shape index (κ2) is 6.54. The first-order valence-corrected chi connectivity index (χ1v) is 8.10. The maximum Gasteiger partial charge on any atom is 0.346 e. The van der Waals surface area contributed by atoms with Gasteiger partial charge in [0.25, 0.3) is 0 Å². The summed E-state index contributed by atoms with van der Waals surface area (Å²) in [7, 11) is 0. The minimum Gasteiger partial charge on any atom is -0.326 e. The zero-order valence-electron chi connectivity index (χ0n) is 12.1. The van der Waals surface area contributed by atoms with E-state index in [4.69, 9.17) is 17.3 Å². The van der Waals surface area contributed by atoms with Crippen molar-refractivity contribution >= 4 is 23.1 Å². The van der Waals surface area contributed by atoms with Crippen LogP contribution < -0.4 is 16.3 Å². The molecule has 0 bridgehead atoms. The van der Waals surface area contributed by atoms with Crippen molar-refractivity contribution in [2.45, 2.75) is 13.1 Å². The number of halogens is 1. The van der Waals surface area contributed by atoms with E-state index < -0.39 is 0 Å². The number of aromatic nitrogens is 2. The number of rotatable bonds is 4. The highest BCUT2D eigenvalue weighted by atomic mass is 35.5. The van der Waals surface area contributed by atoms with Crippen molar-refractivity contribution in [3.8, 4) is 5.69 Å². The molecule has 1 aromatic heterocycles. The van der Waals surface area contributed by atoms with E-state index in [1.807, 2.05) is 24.3 Å². The van der Waals surface area contributed by atoms with Crippen LogP contribution in [0.15, 0.2) is 58.1 Å². The zero-order valence-corrected chi connectivity index (χ0v) is 13.7. The first kappa shape index (κ1) is 15.7. The maximum absolute atomic E-state index is 12.5. The molecule has 118 valence electrons. The number of nitrogens with two attached hydrogens (primary N) is 1. The smallest absolute Gasteiger partial charge is 0.326 e. The summed E-state index contributed by atoms with van der Waals surface area (Å²) < 4.78 is 2.59. The Labute approximate surface area is 141 Å². The van der Waals surface area contributed by atoms with Gasteiger partial charge in [-0.1, -0.05) is 35.9 Å². The summed E-state index contributed by atoms with van der Waals surface area (Å²) in [5.41, 5.74) is 7.71. The molecule has 0 saturated heterocycles. The normalized spacial score (nSPS) is 10.9. The second-order valence-electron chi connectivity index (χ2n) is 5.02. The summed E-state index contributed by atoms with van der Waals surface area (Å²) in [6.45, 7) is 0.696. The second-order valence-corrected chi connectivity index (χ2v) is 6.35. The van der Waals surface area contributed by atoms with Gasteiger partial charge in [-0.2, -0.15) is 0 Å². The topological polar surface area (TPSA) is 70.0 Å². The van der Waals surface area contributed by atoms with Gasteiger partial charge < -0.3 is 5.73 Å². The van der Waals surface area contributed by atoms with Crippen molar-refractivity contribution in [3.05, 3.63) is 84.8 Å². The van der Waals surface area contributed by atoms with E-state index >= 15 is 0 Å². The van der Waals surface area contributed by atoms with Crippen molar-refractivity contribution in [1.29, 1.82) is 0 Å². The van der Waals surface area contributed by atoms with Gasteiger partial charge >= 0.3 is 10.6 Å². The van der Waals surface area contributed by atoms with Crippen LogP contribution in [0, 0.1) is 0 Å². The third kappa shape index (κ3) is 3.29. The molecule has 0 spiro atoms. The molecule has 2 aromatic carbocycles. The van der Waals surface area contributed by atoms with Crippen LogP contribution in [0.5, 0.6) is 0 Å². The van der Waals surface area contributed by atoms with Gasteiger partial charge in [-0.25, -0.2) is 13.3 Å². The van der Waals surface area contributed by atoms with Crippen LogP contribution in [-0.4, -0.2) is 8.52 Å². The highest BCUT2D eigenvalue weighted by Gasteiger charge is 2.12. The molecule has 7 heteroatoms. The van der Waals surface area contributed by atoms with E-state index in [1.54, 1.807) is 24.3 Å². The number of hydrogen-bond donors (Lipinski definition) is 1. The highest BCUT2D eigenvalue weighted by molar-refractivity contribution is 7.03. The average Bonchev–Trinajstić information content (AvgIpc) is 2.84. The monoisotopic (exact) mass is 347 g/mol. The predicted molar refractivity (Wildman–Crippen MR) is 92.6 cm³/mol. The summed E-state index contributed by atoms with van der Waals surface area (Å²) >= 11 is 6.72. The molecule has 0 unspecified atom stereocenters. The van der Waals surface area contributed by atoms with Gasteiger partial charge in [-0.05, 0) is 35.4 Å². The molecule has 5 nitrogen and oxygen atoms in total. The molecule has 0 amide bonds. The molecule has 3 aromatic rings. The number of hydrogen-bond acceptors (Lipinski definition) is 4. The summed E-state index contributed by atoms with van der Waals surface area (Å²) in [5.74, 6) is 0. The molecule has 0 fully saturated rings. The fourth-order valence-corrected chi connectivity index (χ4v) is 3.12. The van der Waals surface area contributed by atoms with Crippen molar-refractivity contribution in [3.63, 3.8) is 0 Å². The van der Waals surface area contributed by atoms with Gasteiger partial charge in [0.15, 0.2) is 0 Å². The summed E-state index contributed by atoms with van der Waals surface area (Å²) in [4.78, 5) is 24.3. The third-order valence-corrected chi connectivity index (χ3v) is 4.63. The minimum absolute atomic E-state index is 0.236. The lowest BCUT2D eigenvalue weighted by molar-refractivity contribution is 0.722. The highest BCUT2D eigenvalue weighted by Crippen LogP contribution is 2.13. The molecule has 23 heavy (non-hydrogen) atoms. The van der Waals surface area contributed by atoms with Gasteiger partial charge in [-0.15, -0.1) is 0 Å². The zero-order chi connectivity index (χ0) is 16.4. The van der Waals surface area contributed by atoms with Crippen molar-refractivity contribution in [2.24, 2.45) is 5.73 Å². The first-order chi connectivity index (χ1) is 11.1. The van der Waals surface area contributed by atoms with E-state index in [9.17, 15) is 9.59 Å². The van der Waals surface area contributed by atoms with Crippen LogP contribution in [-0.2, 0) is 13.1 Å². The Morgan fingerprint density at radius 3 is 2.17 bits per heavy atom. The lowest BCUT2D eigenvalue weighted by Gasteiger charge is -2.03. The lowest BCUT2D eigenvalue weighted by atomic mass is 10.1. The molecule has 0 aliphatic rings. The first-order valence-electron chi connectivity index (χ1n) is 6.95. The molecule has 0 aliphatic heterocycles. The predicted octanol–water partition coefficient (Wildman–Crippen LogP) is 2.22. The van der Waals surface area contributed by atoms with Crippen molar-refractivity contribution in [1.82, 2.24) is 8.52 Å². The molecule has 1 heterocycles. The average molecular weight is 348 g/mol. The van der Waals surface area contributed by atoms with Gasteiger partial charge in [-0.3, -0.25) is 4.79 Å². The van der Waals surface area contributed by atoms with E-state index in [1.165, 1.54) is 8.52 Å². The number of nitrogens with zero attached hydrogens (tertiary/aromatic N) is 2. The molecule has 0 radical (unpaired) electrons. The Bertz CT molecular complexity index is 924. The van der Waals surface area contributed by atoms with Crippen LogP contribution in [0.4, 0.5) is 0 Å². The molecular formula is C16H14ClN3O2S. The fraction of sp³-hybridized carbons (Fsp3) is 0.125. The van der Waals surface area contributed by atoms with Crippen molar-refractivity contribution < 1.29 is 0 Å². The van der Waals surface area contributed by atoms with Crippen LogP contribution >= 0.6 is 23.1 Å². The molecule has 3 rings (SSSR count). The summed E-state index contributed by atoms with van der Waals surface area (Å²) in [5, 5.41) is 0.577. The molecular weight excluding hydrogens is 334 g/mol. The Morgan fingerprint density at radius 2 is 1.57 bits per heavy atom. The number of benzene rings is 2. The molecule has 0 saturated carbocycles. The minimum atomic E-state index is -0.356. The van der Waals surface area contributed by atoms with Gasteiger partial charge in [0.2, 0.25) is 0 Å². The Balaban J connectivity index is 1.96. The van der Waals surface area contributed by atoms with Gasteiger partial charge in [0.1, 0.15) is 0 Å². The maximum atomic E-state index is 12.5. The Morgan fingerprint density at radius 1 is 0.957 bits per heavy atom. The summed E-state index contributed by atoms with van der Waals surface area (Å²) in [6.07, 6.45) is 0. The fourth-order valence-electron chi connectivity index (χ4n) is 2.19. The van der Waals surface area contributed by atoms with E-state index in [0.29, 0.717) is 17.3 Å². The standard InChI is InChI=1S/C16H14ClN3O2S/c17-13-5-7-14(8-6-13)20-15(21)19(16(22)23-20)10-12-3-1-11(9-18)2-4-12/h1-8H,9-10,18H2. The quantitative estimate of drug-likeness (QED) is 0.786. The Kier molecular flexibility index (Phi) is 4.47. The molecule has 0 aliphatic carbocycles. The van der Waals surface area contributed by atoms with Gasteiger partial charge in [0, 0.05) is 23.1 Å². The van der Waals surface area contributed by atoms with Crippen LogP contribution in [0.3, 0.4) is 0 Å². The van der Waals surface area contributed by atoms with Crippen LogP contribution in [0.25, 0.3) is 5.69 Å². The molecule has 0 atom stereocenters. The lowest BCUT2D eigenvalue weighted by Crippen LogP contribution is -2.28. The third-order valence-electron chi connectivity index (χ3n) is 3.45. The molecule has 2 N–H and O–H groups in total. The van der Waals surface area contributed by atoms with Crippen molar-refractivity contribution in [2.75, 3.05) is 0 Å². The van der Waals surface area contributed by atoms with E-state index in [0.717, 1.165) is 22.7 Å². The Hall–Kier alpha value is -2.15. The SMILES string of the molecule is NCc1ccc(Cn2c(=O)sn(-c3ccc(Cl)cc3)c2=O)cc1. The van der Waals surface area contributed by atoms with E-state index in [2.05, 4.69) is 0 Å². The van der Waals surface area contributed by atoms with Crippen LogP contribution in [0.1, 0.15) is 11.1 Å².